The van der Waals surface area contributed by atoms with Gasteiger partial charge in [0.05, 0.1) is 32.0 Å². The van der Waals surface area contributed by atoms with Crippen LogP contribution in [0.2, 0.25) is 0 Å². The number of aliphatic hydroxyl groups is 8. The summed E-state index contributed by atoms with van der Waals surface area (Å²) < 4.78 is 22.7. The molecule has 9 N–H and O–H groups in total. The standard InChI is InChI=1S/C63H105NO13/c1-3-5-7-9-11-12-13-14-15-16-17-18-19-20-21-22-23-24-25-26-27-28-29-30-31-32-33-34-35-36-37-38-39-40-41-43-45-47-55(68)64-51(52(67)46-44-42-10-8-6-4-2)50-74-62-60(73)58(71)61(54(49-66)76-62)77-63-59(72)57(70)56(69)53(48-65)75-63/h5,7,11-12,14-15,17-18,20-21,23-24,26-27,29-30,32-33,51-54,56-63,65-67,69-73H,3-4,6,8-10,13,16,19,22,25,28,31,34-50H2,1-2H3,(H,64,68)/b7-5-,12-11-,15-14-,18-17-,21-20-,24-23-,27-26-,30-29-,33-32-. The molecule has 0 saturated carbocycles. The molecule has 12 unspecified atom stereocenters. The zero-order chi connectivity index (χ0) is 56.0. The third-order valence-corrected chi connectivity index (χ3v) is 13.8. The first-order valence-electron chi connectivity index (χ1n) is 29.6. The molecule has 0 bridgehead atoms. The van der Waals surface area contributed by atoms with Crippen molar-refractivity contribution < 1.29 is 64.6 Å². The molecular formula is C63H105NO13. The Morgan fingerprint density at radius 3 is 1.38 bits per heavy atom. The first kappa shape index (κ1) is 69.8. The molecule has 1 amide bonds. The van der Waals surface area contributed by atoms with Gasteiger partial charge in [0.25, 0.3) is 0 Å². The van der Waals surface area contributed by atoms with Crippen LogP contribution in [-0.4, -0.2) is 140 Å². The van der Waals surface area contributed by atoms with Crippen LogP contribution < -0.4 is 5.32 Å². The summed E-state index contributed by atoms with van der Waals surface area (Å²) in [5, 5.41) is 86.6. The van der Waals surface area contributed by atoms with Gasteiger partial charge in [-0.25, -0.2) is 0 Å². The number of allylic oxidation sites excluding steroid dienone is 18. The van der Waals surface area contributed by atoms with Crippen molar-refractivity contribution in [2.24, 2.45) is 0 Å². The lowest BCUT2D eigenvalue weighted by Gasteiger charge is -2.46. The SMILES string of the molecule is CC/C=C\C/C=C\C/C=C\C/C=C\C/C=C\C/C=C\C/C=C\C/C=C\C/C=C\CCCCCCCCCCCC(=O)NC(COC1OC(CO)C(OC2OC(CO)C(O)C(O)C2O)C(O)C1O)C(O)CCCCCCCC. The maximum Gasteiger partial charge on any atom is 0.220 e. The number of carbonyl (C=O) groups is 1. The highest BCUT2D eigenvalue weighted by atomic mass is 16.7. The third kappa shape index (κ3) is 33.1. The number of hydrogen-bond donors (Lipinski definition) is 9. The van der Waals surface area contributed by atoms with Crippen molar-refractivity contribution in [3.8, 4) is 0 Å². The van der Waals surface area contributed by atoms with Crippen molar-refractivity contribution in [1.82, 2.24) is 5.32 Å². The monoisotopic (exact) mass is 1080 g/mol. The van der Waals surface area contributed by atoms with Gasteiger partial charge in [-0.1, -0.05) is 207 Å². The highest BCUT2D eigenvalue weighted by molar-refractivity contribution is 5.76. The Balaban J connectivity index is 1.57. The van der Waals surface area contributed by atoms with E-state index in [1.54, 1.807) is 0 Å². The maximum atomic E-state index is 13.2. The minimum absolute atomic E-state index is 0.224. The van der Waals surface area contributed by atoms with E-state index >= 15 is 0 Å². The summed E-state index contributed by atoms with van der Waals surface area (Å²) in [7, 11) is 0. The van der Waals surface area contributed by atoms with Crippen LogP contribution in [0.4, 0.5) is 0 Å². The van der Waals surface area contributed by atoms with E-state index in [1.165, 1.54) is 32.1 Å². The van der Waals surface area contributed by atoms with Crippen LogP contribution in [0, 0.1) is 0 Å². The van der Waals surface area contributed by atoms with Crippen molar-refractivity contribution in [2.45, 2.75) is 261 Å². The van der Waals surface area contributed by atoms with Gasteiger partial charge in [0.1, 0.15) is 48.8 Å². The van der Waals surface area contributed by atoms with Gasteiger partial charge in [0.2, 0.25) is 5.91 Å². The van der Waals surface area contributed by atoms with Crippen molar-refractivity contribution in [2.75, 3.05) is 19.8 Å². The van der Waals surface area contributed by atoms with Gasteiger partial charge in [-0.15, -0.1) is 0 Å². The van der Waals surface area contributed by atoms with Crippen LogP contribution in [0.5, 0.6) is 0 Å². The second kappa shape index (κ2) is 47.5. The fourth-order valence-electron chi connectivity index (χ4n) is 8.99. The van der Waals surface area contributed by atoms with Gasteiger partial charge in [-0.3, -0.25) is 4.79 Å². The van der Waals surface area contributed by atoms with Crippen LogP contribution in [0.25, 0.3) is 0 Å². The number of aliphatic hydroxyl groups excluding tert-OH is 8. The summed E-state index contributed by atoms with van der Waals surface area (Å²) in [5.74, 6) is -0.224. The average Bonchev–Trinajstić information content (AvgIpc) is 3.43. The third-order valence-electron chi connectivity index (χ3n) is 13.8. The molecule has 440 valence electrons. The second-order valence-electron chi connectivity index (χ2n) is 20.4. The summed E-state index contributed by atoms with van der Waals surface area (Å²) in [6.45, 7) is 2.64. The lowest BCUT2D eigenvalue weighted by molar-refractivity contribution is -0.359. The summed E-state index contributed by atoms with van der Waals surface area (Å²) in [6.07, 6.45) is 50.1. The van der Waals surface area contributed by atoms with Crippen molar-refractivity contribution in [1.29, 1.82) is 0 Å². The highest BCUT2D eigenvalue weighted by Crippen LogP contribution is 2.30. The van der Waals surface area contributed by atoms with E-state index in [0.717, 1.165) is 122 Å². The van der Waals surface area contributed by atoms with Crippen LogP contribution >= 0.6 is 0 Å². The molecule has 2 aliphatic heterocycles. The Kier molecular flexibility index (Phi) is 43.0. The molecule has 14 nitrogen and oxygen atoms in total. The lowest BCUT2D eigenvalue weighted by atomic mass is 9.97. The molecule has 0 radical (unpaired) electrons. The van der Waals surface area contributed by atoms with Crippen LogP contribution in [-0.2, 0) is 23.7 Å². The summed E-state index contributed by atoms with van der Waals surface area (Å²) >= 11 is 0. The predicted molar refractivity (Wildman–Crippen MR) is 309 cm³/mol. The Morgan fingerprint density at radius 2 is 0.896 bits per heavy atom. The fraction of sp³-hybridized carbons (Fsp3) is 0.698. The summed E-state index contributed by atoms with van der Waals surface area (Å²) in [6, 6.07) is -0.835. The normalized spacial score (nSPS) is 25.5. The van der Waals surface area contributed by atoms with E-state index in [2.05, 4.69) is 129 Å². The van der Waals surface area contributed by atoms with Crippen LogP contribution in [0.1, 0.15) is 187 Å². The first-order valence-corrected chi connectivity index (χ1v) is 29.6. The topological polar surface area (TPSA) is 228 Å². The minimum Gasteiger partial charge on any atom is -0.394 e. The quantitative estimate of drug-likeness (QED) is 0.0205. The molecular weight excluding hydrogens is 979 g/mol. The molecule has 2 aliphatic rings. The van der Waals surface area contributed by atoms with Gasteiger partial charge in [-0.05, 0) is 83.5 Å². The van der Waals surface area contributed by atoms with Gasteiger partial charge in [0.15, 0.2) is 12.6 Å². The zero-order valence-corrected chi connectivity index (χ0v) is 47.2. The Bertz CT molecular complexity index is 1700. The Labute approximate surface area is 464 Å². The van der Waals surface area contributed by atoms with Crippen molar-refractivity contribution in [3.05, 3.63) is 109 Å². The molecule has 2 fully saturated rings. The average molecular weight is 1080 g/mol. The van der Waals surface area contributed by atoms with E-state index in [4.69, 9.17) is 18.9 Å². The molecule has 0 aliphatic carbocycles. The molecule has 0 aromatic rings. The predicted octanol–water partition coefficient (Wildman–Crippen LogP) is 10.1. The smallest absolute Gasteiger partial charge is 0.220 e. The number of hydrogen-bond acceptors (Lipinski definition) is 13. The van der Waals surface area contributed by atoms with Crippen LogP contribution in [0.3, 0.4) is 0 Å². The second-order valence-corrected chi connectivity index (χ2v) is 20.4. The molecule has 77 heavy (non-hydrogen) atoms. The van der Waals surface area contributed by atoms with Crippen LogP contribution in [0.15, 0.2) is 109 Å². The summed E-state index contributed by atoms with van der Waals surface area (Å²) in [5.41, 5.74) is 0. The van der Waals surface area contributed by atoms with E-state index < -0.39 is 86.8 Å². The van der Waals surface area contributed by atoms with E-state index in [-0.39, 0.29) is 18.9 Å². The fourth-order valence-corrected chi connectivity index (χ4v) is 8.99. The number of nitrogens with one attached hydrogen (secondary N) is 1. The largest absolute Gasteiger partial charge is 0.394 e. The molecule has 2 rings (SSSR count). The molecule has 2 saturated heterocycles. The maximum absolute atomic E-state index is 13.2. The van der Waals surface area contributed by atoms with E-state index in [1.807, 2.05) is 0 Å². The summed E-state index contributed by atoms with van der Waals surface area (Å²) in [4.78, 5) is 13.2. The molecule has 14 heteroatoms. The zero-order valence-electron chi connectivity index (χ0n) is 47.2. The van der Waals surface area contributed by atoms with Gasteiger partial charge >= 0.3 is 0 Å². The van der Waals surface area contributed by atoms with Gasteiger partial charge < -0.3 is 65.1 Å². The molecule has 0 aromatic heterocycles. The number of rotatable bonds is 45. The number of amides is 1. The first-order chi connectivity index (χ1) is 37.6. The minimum atomic E-state index is -1.79. The Morgan fingerprint density at radius 1 is 0.481 bits per heavy atom. The molecule has 0 aromatic carbocycles. The molecule has 12 atom stereocenters. The number of ether oxygens (including phenoxy) is 4. The number of unbranched alkanes of at least 4 members (excludes halogenated alkanes) is 14. The molecule has 0 spiro atoms. The molecule has 2 heterocycles. The highest BCUT2D eigenvalue weighted by Gasteiger charge is 2.51. The van der Waals surface area contributed by atoms with Crippen molar-refractivity contribution >= 4 is 5.91 Å². The van der Waals surface area contributed by atoms with Gasteiger partial charge in [0, 0.05) is 6.42 Å². The van der Waals surface area contributed by atoms with Crippen molar-refractivity contribution in [3.63, 3.8) is 0 Å². The van der Waals surface area contributed by atoms with E-state index in [0.29, 0.717) is 12.8 Å². The number of carbonyl (C=O) groups excluding carboxylic acids is 1. The lowest BCUT2D eigenvalue weighted by Crippen LogP contribution is -2.65. The van der Waals surface area contributed by atoms with Gasteiger partial charge in [-0.2, -0.15) is 0 Å². The Hall–Kier alpha value is -3.35. The van der Waals surface area contributed by atoms with E-state index in [9.17, 15) is 45.6 Å².